The number of aromatic amines is 1. The molecule has 3 N–H and O–H groups in total. The van der Waals surface area contributed by atoms with Crippen LogP contribution in [0.3, 0.4) is 0 Å². The highest BCUT2D eigenvalue weighted by molar-refractivity contribution is 6.09. The van der Waals surface area contributed by atoms with Crippen LogP contribution in [0.25, 0.3) is 10.9 Å². The van der Waals surface area contributed by atoms with E-state index < -0.39 is 11.9 Å². The van der Waals surface area contributed by atoms with Crippen LogP contribution in [0, 0.1) is 6.92 Å². The first-order valence-electron chi connectivity index (χ1n) is 5.69. The third-order valence-electron chi connectivity index (χ3n) is 2.93. The van der Waals surface area contributed by atoms with Gasteiger partial charge in [-0.3, -0.25) is 9.59 Å². The van der Waals surface area contributed by atoms with E-state index in [1.807, 2.05) is 0 Å². The Hall–Kier alpha value is -2.50. The highest BCUT2D eigenvalue weighted by Crippen LogP contribution is 2.29. The third-order valence-corrected chi connectivity index (χ3v) is 2.93. The second-order valence-electron chi connectivity index (χ2n) is 4.38. The first-order valence-corrected chi connectivity index (χ1v) is 5.69. The number of hydrogen-bond acceptors (Lipinski definition) is 3. The minimum atomic E-state index is -1.07. The number of benzene rings is 1. The number of hydrogen-bond donors (Lipinski definition) is 3. The van der Waals surface area contributed by atoms with Crippen molar-refractivity contribution in [3.63, 3.8) is 0 Å². The molecule has 6 nitrogen and oxygen atoms in total. The van der Waals surface area contributed by atoms with Crippen LogP contribution >= 0.6 is 0 Å². The van der Waals surface area contributed by atoms with Crippen LogP contribution in [0.15, 0.2) is 18.2 Å². The zero-order valence-electron chi connectivity index (χ0n) is 10.6. The van der Waals surface area contributed by atoms with E-state index in [1.54, 1.807) is 19.1 Å². The molecule has 0 saturated heterocycles. The first-order chi connectivity index (χ1) is 8.91. The van der Waals surface area contributed by atoms with Crippen molar-refractivity contribution in [2.24, 2.45) is 0 Å². The Bertz CT molecular complexity index is 660. The van der Waals surface area contributed by atoms with Crippen molar-refractivity contribution < 1.29 is 19.8 Å². The van der Waals surface area contributed by atoms with Crippen molar-refractivity contribution in [1.29, 1.82) is 0 Å². The number of aryl methyl sites for hydroxylation is 1. The van der Waals surface area contributed by atoms with E-state index >= 15 is 0 Å². The summed E-state index contributed by atoms with van der Waals surface area (Å²) in [5.41, 5.74) is 1.46. The van der Waals surface area contributed by atoms with E-state index in [1.165, 1.54) is 13.1 Å². The zero-order chi connectivity index (χ0) is 14.2. The quantitative estimate of drug-likeness (QED) is 0.778. The number of rotatable bonds is 3. The van der Waals surface area contributed by atoms with Crippen molar-refractivity contribution in [3.05, 3.63) is 29.5 Å². The van der Waals surface area contributed by atoms with E-state index in [-0.39, 0.29) is 12.3 Å². The zero-order valence-corrected chi connectivity index (χ0v) is 10.6. The Kier molecular flexibility index (Phi) is 3.16. The highest BCUT2D eigenvalue weighted by Gasteiger charge is 2.21. The van der Waals surface area contributed by atoms with Gasteiger partial charge in [0.2, 0.25) is 0 Å². The molecule has 1 amide bonds. The molecule has 1 heterocycles. The van der Waals surface area contributed by atoms with Crippen molar-refractivity contribution >= 4 is 22.8 Å². The summed E-state index contributed by atoms with van der Waals surface area (Å²) in [6.45, 7) is 1.34. The molecule has 1 aromatic heterocycles. The fourth-order valence-corrected chi connectivity index (χ4v) is 2.07. The fraction of sp³-hybridized carbons (Fsp3) is 0.231. The molecule has 0 aliphatic heterocycles. The second-order valence-corrected chi connectivity index (χ2v) is 4.38. The molecule has 0 saturated carbocycles. The Morgan fingerprint density at radius 3 is 2.68 bits per heavy atom. The van der Waals surface area contributed by atoms with Gasteiger partial charge < -0.3 is 20.1 Å². The average Bonchev–Trinajstić information content (AvgIpc) is 2.65. The summed E-state index contributed by atoms with van der Waals surface area (Å²) in [5, 5.41) is 19.0. The van der Waals surface area contributed by atoms with Gasteiger partial charge in [0.05, 0.1) is 11.1 Å². The van der Waals surface area contributed by atoms with Crippen LogP contribution < -0.4 is 0 Å². The van der Waals surface area contributed by atoms with Crippen molar-refractivity contribution in [1.82, 2.24) is 9.88 Å². The van der Waals surface area contributed by atoms with Gasteiger partial charge in [0.15, 0.2) is 0 Å². The number of amides is 1. The molecule has 1 aromatic carbocycles. The molecule has 0 aliphatic rings. The summed E-state index contributed by atoms with van der Waals surface area (Å²) in [4.78, 5) is 27.0. The van der Waals surface area contributed by atoms with Gasteiger partial charge in [0.1, 0.15) is 12.3 Å². The number of phenols is 1. The lowest BCUT2D eigenvalue weighted by Crippen LogP contribution is -2.32. The predicted octanol–water partition coefficient (Wildman–Crippen LogP) is 1.34. The molecule has 100 valence electrons. The standard InChI is InChI=1S/C13H14N2O4/c1-7-11(13(19)15(2)6-10(17)18)8-4-3-5-9(16)12(8)14-7/h3-5,14,16H,6H2,1-2H3,(H,17,18). The van der Waals surface area contributed by atoms with Gasteiger partial charge in [-0.1, -0.05) is 12.1 Å². The lowest BCUT2D eigenvalue weighted by Gasteiger charge is -2.14. The number of fused-ring (bicyclic) bond motifs is 1. The summed E-state index contributed by atoms with van der Waals surface area (Å²) in [7, 11) is 1.43. The molecule has 0 fully saturated rings. The molecule has 0 aliphatic carbocycles. The normalized spacial score (nSPS) is 10.6. The number of carbonyl (C=O) groups is 2. The van der Waals surface area contributed by atoms with Gasteiger partial charge in [-0.05, 0) is 13.0 Å². The number of H-pyrrole nitrogens is 1. The summed E-state index contributed by atoms with van der Waals surface area (Å²) < 4.78 is 0. The smallest absolute Gasteiger partial charge is 0.323 e. The van der Waals surface area contributed by atoms with Crippen LogP contribution in [0.5, 0.6) is 5.75 Å². The number of aromatic nitrogens is 1. The van der Waals surface area contributed by atoms with Crippen molar-refractivity contribution in [2.75, 3.05) is 13.6 Å². The molecular weight excluding hydrogens is 248 g/mol. The molecular formula is C13H14N2O4. The lowest BCUT2D eigenvalue weighted by atomic mass is 10.1. The summed E-state index contributed by atoms with van der Waals surface area (Å²) >= 11 is 0. The Morgan fingerprint density at radius 1 is 1.37 bits per heavy atom. The van der Waals surface area contributed by atoms with Gasteiger partial charge in [-0.2, -0.15) is 0 Å². The van der Waals surface area contributed by atoms with E-state index in [0.29, 0.717) is 22.2 Å². The topological polar surface area (TPSA) is 93.6 Å². The van der Waals surface area contributed by atoms with E-state index in [0.717, 1.165) is 4.90 Å². The average molecular weight is 262 g/mol. The van der Waals surface area contributed by atoms with Gasteiger partial charge in [0, 0.05) is 18.1 Å². The van der Waals surface area contributed by atoms with Crippen LogP contribution in [-0.4, -0.2) is 45.6 Å². The van der Waals surface area contributed by atoms with Crippen LogP contribution in [0.2, 0.25) is 0 Å². The highest BCUT2D eigenvalue weighted by atomic mass is 16.4. The number of likely N-dealkylation sites (N-methyl/N-ethyl adjacent to an activating group) is 1. The van der Waals surface area contributed by atoms with Gasteiger partial charge >= 0.3 is 5.97 Å². The number of nitrogens with one attached hydrogen (secondary N) is 1. The summed E-state index contributed by atoms with van der Waals surface area (Å²) in [5.74, 6) is -1.41. The van der Waals surface area contributed by atoms with Crippen LogP contribution in [-0.2, 0) is 4.79 Å². The lowest BCUT2D eigenvalue weighted by molar-refractivity contribution is -0.137. The number of phenolic OH excluding ortho intramolecular Hbond substituents is 1. The molecule has 0 radical (unpaired) electrons. The van der Waals surface area contributed by atoms with Crippen LogP contribution in [0.4, 0.5) is 0 Å². The molecule has 6 heteroatoms. The number of carboxylic acids is 1. The monoisotopic (exact) mass is 262 g/mol. The van der Waals surface area contributed by atoms with Crippen molar-refractivity contribution in [2.45, 2.75) is 6.92 Å². The number of carboxylic acid groups (broad SMARTS) is 1. The predicted molar refractivity (Wildman–Crippen MR) is 69.3 cm³/mol. The van der Waals surface area contributed by atoms with E-state index in [4.69, 9.17) is 5.11 Å². The Balaban J connectivity index is 2.50. The third kappa shape index (κ3) is 2.24. The minimum absolute atomic E-state index is 0.0561. The van der Waals surface area contributed by atoms with E-state index in [9.17, 15) is 14.7 Å². The Morgan fingerprint density at radius 2 is 2.05 bits per heavy atom. The maximum Gasteiger partial charge on any atom is 0.323 e. The number of aliphatic carboxylic acids is 1. The number of para-hydroxylation sites is 1. The SMILES string of the molecule is Cc1[nH]c2c(O)cccc2c1C(=O)N(C)CC(=O)O. The number of nitrogens with zero attached hydrogens (tertiary/aromatic N) is 1. The molecule has 0 spiro atoms. The maximum absolute atomic E-state index is 12.2. The summed E-state index contributed by atoms with van der Waals surface area (Å²) in [6.07, 6.45) is 0. The maximum atomic E-state index is 12.2. The van der Waals surface area contributed by atoms with Gasteiger partial charge in [-0.25, -0.2) is 0 Å². The molecule has 2 aromatic rings. The van der Waals surface area contributed by atoms with Gasteiger partial charge in [0.25, 0.3) is 5.91 Å². The van der Waals surface area contributed by atoms with Crippen LogP contribution in [0.1, 0.15) is 16.1 Å². The molecule has 0 bridgehead atoms. The minimum Gasteiger partial charge on any atom is -0.506 e. The molecule has 0 unspecified atom stereocenters. The number of aromatic hydroxyl groups is 1. The molecule has 19 heavy (non-hydrogen) atoms. The Labute approximate surface area is 109 Å². The summed E-state index contributed by atoms with van der Waals surface area (Å²) in [6, 6.07) is 4.87. The fourth-order valence-electron chi connectivity index (χ4n) is 2.07. The molecule has 2 rings (SSSR count). The van der Waals surface area contributed by atoms with Crippen molar-refractivity contribution in [3.8, 4) is 5.75 Å². The largest absolute Gasteiger partial charge is 0.506 e. The first kappa shape index (κ1) is 12.9. The van der Waals surface area contributed by atoms with E-state index in [2.05, 4.69) is 4.98 Å². The number of carbonyl (C=O) groups excluding carboxylic acids is 1. The molecule has 0 atom stereocenters. The second kappa shape index (κ2) is 4.64. The van der Waals surface area contributed by atoms with Gasteiger partial charge in [-0.15, -0.1) is 0 Å².